The number of hydrogen-bond donors (Lipinski definition) is 1. The van der Waals surface area contributed by atoms with E-state index >= 15 is 0 Å². The highest BCUT2D eigenvalue weighted by atomic mass is 32.2. The Balaban J connectivity index is 1.96. The lowest BCUT2D eigenvalue weighted by molar-refractivity contribution is -0.137. The molecule has 1 fully saturated rings. The second-order valence-electron chi connectivity index (χ2n) is 5.41. The SMILES string of the molecule is CCn1c(=O)oc2cc(S(=O)(=O)NC3CC(=O)N(C)C3=O)ccc21. The fourth-order valence-electron chi connectivity index (χ4n) is 2.62. The Bertz CT molecular complexity index is 1000. The fraction of sp³-hybridized carbons (Fsp3) is 0.357. The minimum Gasteiger partial charge on any atom is -0.408 e. The van der Waals surface area contributed by atoms with E-state index in [0.29, 0.717) is 12.1 Å². The van der Waals surface area contributed by atoms with Gasteiger partial charge in [-0.2, -0.15) is 4.72 Å². The zero-order valence-corrected chi connectivity index (χ0v) is 13.8. The number of amides is 2. The highest BCUT2D eigenvalue weighted by molar-refractivity contribution is 7.89. The molecule has 1 aliphatic rings. The van der Waals surface area contributed by atoms with Crippen molar-refractivity contribution in [2.75, 3.05) is 7.05 Å². The first-order chi connectivity index (χ1) is 11.2. The summed E-state index contributed by atoms with van der Waals surface area (Å²) in [7, 11) is -2.75. The van der Waals surface area contributed by atoms with E-state index in [4.69, 9.17) is 4.42 Å². The molecule has 2 amide bonds. The lowest BCUT2D eigenvalue weighted by atomic mass is 10.3. The Morgan fingerprint density at radius 3 is 2.58 bits per heavy atom. The smallest absolute Gasteiger partial charge is 0.408 e. The summed E-state index contributed by atoms with van der Waals surface area (Å²) >= 11 is 0. The fourth-order valence-corrected chi connectivity index (χ4v) is 3.82. The monoisotopic (exact) mass is 353 g/mol. The number of oxazole rings is 1. The minimum atomic E-state index is -4.05. The number of nitrogens with zero attached hydrogens (tertiary/aromatic N) is 2. The van der Waals surface area contributed by atoms with E-state index in [1.54, 1.807) is 6.92 Å². The maximum atomic E-state index is 12.4. The van der Waals surface area contributed by atoms with Crippen LogP contribution in [0.15, 0.2) is 32.3 Å². The molecule has 0 aliphatic carbocycles. The molecule has 3 rings (SSSR count). The second-order valence-corrected chi connectivity index (χ2v) is 7.12. The van der Waals surface area contributed by atoms with E-state index < -0.39 is 33.6 Å². The highest BCUT2D eigenvalue weighted by Crippen LogP contribution is 2.20. The molecule has 0 spiro atoms. The highest BCUT2D eigenvalue weighted by Gasteiger charge is 2.38. The average molecular weight is 353 g/mol. The summed E-state index contributed by atoms with van der Waals surface area (Å²) in [6.07, 6.45) is -0.224. The summed E-state index contributed by atoms with van der Waals surface area (Å²) < 4.78 is 33.5. The Morgan fingerprint density at radius 1 is 1.29 bits per heavy atom. The molecule has 10 heteroatoms. The summed E-state index contributed by atoms with van der Waals surface area (Å²) in [6, 6.07) is 2.87. The van der Waals surface area contributed by atoms with Crippen LogP contribution >= 0.6 is 0 Å². The Hall–Kier alpha value is -2.46. The van der Waals surface area contributed by atoms with Gasteiger partial charge in [0.15, 0.2) is 5.58 Å². The van der Waals surface area contributed by atoms with Gasteiger partial charge >= 0.3 is 5.76 Å². The molecule has 1 saturated heterocycles. The van der Waals surface area contributed by atoms with E-state index in [-0.39, 0.29) is 16.9 Å². The van der Waals surface area contributed by atoms with Crippen LogP contribution in [0.5, 0.6) is 0 Å². The number of rotatable bonds is 4. The zero-order valence-electron chi connectivity index (χ0n) is 13.0. The summed E-state index contributed by atoms with van der Waals surface area (Å²) in [6.45, 7) is 2.16. The molecule has 128 valence electrons. The molecule has 1 aromatic carbocycles. The molecule has 9 nitrogen and oxygen atoms in total. The summed E-state index contributed by atoms with van der Waals surface area (Å²) in [5.41, 5.74) is 0.615. The molecule has 1 atom stereocenters. The number of aryl methyl sites for hydroxylation is 1. The van der Waals surface area contributed by atoms with Crippen LogP contribution in [-0.4, -0.2) is 42.8 Å². The van der Waals surface area contributed by atoms with Gasteiger partial charge in [0, 0.05) is 19.7 Å². The first-order valence-corrected chi connectivity index (χ1v) is 8.69. The maximum Gasteiger partial charge on any atom is 0.419 e. The molecule has 0 radical (unpaired) electrons. The van der Waals surface area contributed by atoms with Gasteiger partial charge < -0.3 is 4.42 Å². The third kappa shape index (κ3) is 2.53. The first kappa shape index (κ1) is 16.4. The number of fused-ring (bicyclic) bond motifs is 1. The molecule has 2 aromatic rings. The van der Waals surface area contributed by atoms with Crippen molar-refractivity contribution >= 4 is 32.9 Å². The van der Waals surface area contributed by atoms with Crippen LogP contribution in [-0.2, 0) is 26.2 Å². The van der Waals surface area contributed by atoms with Crippen LogP contribution in [0.4, 0.5) is 0 Å². The van der Waals surface area contributed by atoms with Crippen molar-refractivity contribution in [3.63, 3.8) is 0 Å². The zero-order chi connectivity index (χ0) is 17.6. The Kier molecular flexibility index (Phi) is 3.80. The van der Waals surface area contributed by atoms with E-state index in [2.05, 4.69) is 4.72 Å². The molecule has 1 aromatic heterocycles. The number of carbonyl (C=O) groups excluding carboxylic acids is 2. The van der Waals surface area contributed by atoms with Crippen LogP contribution in [0.2, 0.25) is 0 Å². The molecule has 24 heavy (non-hydrogen) atoms. The predicted octanol–water partition coefficient (Wildman–Crippen LogP) is -0.350. The van der Waals surface area contributed by atoms with Gasteiger partial charge in [-0.3, -0.25) is 19.1 Å². The van der Waals surface area contributed by atoms with Crippen molar-refractivity contribution in [3.8, 4) is 0 Å². The second kappa shape index (κ2) is 5.56. The van der Waals surface area contributed by atoms with Crippen molar-refractivity contribution in [3.05, 3.63) is 28.7 Å². The van der Waals surface area contributed by atoms with Gasteiger partial charge in [-0.05, 0) is 19.1 Å². The molecule has 0 saturated carbocycles. The van der Waals surface area contributed by atoms with Crippen LogP contribution in [0, 0.1) is 0 Å². The average Bonchev–Trinajstić information content (AvgIpc) is 2.97. The quantitative estimate of drug-likeness (QED) is 0.751. The number of likely N-dealkylation sites (tertiary alicyclic amines) is 1. The number of carbonyl (C=O) groups is 2. The standard InChI is InChI=1S/C14H15N3O6S/c1-3-17-10-5-4-8(6-11(10)23-14(17)20)24(21,22)15-9-7-12(18)16(2)13(9)19/h4-6,9,15H,3,7H2,1-2H3. The van der Waals surface area contributed by atoms with Gasteiger partial charge in [0.05, 0.1) is 16.8 Å². The number of hydrogen-bond acceptors (Lipinski definition) is 6. The van der Waals surface area contributed by atoms with Crippen molar-refractivity contribution in [1.29, 1.82) is 0 Å². The van der Waals surface area contributed by atoms with Gasteiger partial charge in [0.1, 0.15) is 6.04 Å². The third-order valence-corrected chi connectivity index (χ3v) is 5.41. The van der Waals surface area contributed by atoms with Gasteiger partial charge in [-0.1, -0.05) is 0 Å². The molecular weight excluding hydrogens is 338 g/mol. The Morgan fingerprint density at radius 2 is 2.00 bits per heavy atom. The summed E-state index contributed by atoms with van der Waals surface area (Å²) in [5.74, 6) is -1.63. The third-order valence-electron chi connectivity index (χ3n) is 3.95. The number of benzene rings is 1. The molecular formula is C14H15N3O6S. The van der Waals surface area contributed by atoms with E-state index in [9.17, 15) is 22.8 Å². The first-order valence-electron chi connectivity index (χ1n) is 7.20. The number of nitrogens with one attached hydrogen (secondary N) is 1. The molecule has 0 bridgehead atoms. The van der Waals surface area contributed by atoms with Crippen molar-refractivity contribution in [2.45, 2.75) is 30.8 Å². The largest absolute Gasteiger partial charge is 0.419 e. The van der Waals surface area contributed by atoms with Crippen LogP contribution in [0.25, 0.3) is 11.1 Å². The summed E-state index contributed by atoms with van der Waals surface area (Å²) in [5, 5.41) is 0. The maximum absolute atomic E-state index is 12.4. The van der Waals surface area contributed by atoms with Crippen molar-refractivity contribution in [1.82, 2.24) is 14.2 Å². The topological polar surface area (TPSA) is 119 Å². The Labute approximate surface area is 136 Å². The van der Waals surface area contributed by atoms with Crippen LogP contribution < -0.4 is 10.5 Å². The van der Waals surface area contributed by atoms with Crippen molar-refractivity contribution in [2.24, 2.45) is 0 Å². The van der Waals surface area contributed by atoms with Gasteiger partial charge in [-0.15, -0.1) is 0 Å². The van der Waals surface area contributed by atoms with Crippen LogP contribution in [0.3, 0.4) is 0 Å². The van der Waals surface area contributed by atoms with Crippen LogP contribution in [0.1, 0.15) is 13.3 Å². The molecule has 1 unspecified atom stereocenters. The normalized spacial score (nSPS) is 18.8. The predicted molar refractivity (Wildman–Crippen MR) is 82.7 cm³/mol. The number of aromatic nitrogens is 1. The number of sulfonamides is 1. The number of imide groups is 1. The minimum absolute atomic E-state index is 0.135. The van der Waals surface area contributed by atoms with E-state index in [1.807, 2.05) is 0 Å². The lowest BCUT2D eigenvalue weighted by Crippen LogP contribution is -2.40. The number of likely N-dealkylation sites (N-methyl/N-ethyl adjacent to an activating group) is 1. The lowest BCUT2D eigenvalue weighted by Gasteiger charge is -2.11. The van der Waals surface area contributed by atoms with E-state index in [1.165, 1.54) is 29.8 Å². The van der Waals surface area contributed by atoms with Crippen molar-refractivity contribution < 1.29 is 22.4 Å². The van der Waals surface area contributed by atoms with Gasteiger partial charge in [-0.25, -0.2) is 13.2 Å². The molecule has 1 aliphatic heterocycles. The van der Waals surface area contributed by atoms with Gasteiger partial charge in [0.25, 0.3) is 0 Å². The molecule has 2 heterocycles. The molecule has 1 N–H and O–H groups in total. The van der Waals surface area contributed by atoms with Gasteiger partial charge in [0.2, 0.25) is 21.8 Å². The van der Waals surface area contributed by atoms with E-state index in [0.717, 1.165) is 4.90 Å². The summed E-state index contributed by atoms with van der Waals surface area (Å²) in [4.78, 5) is 35.7.